The largest absolute Gasteiger partial charge is 0.499 e. The van der Waals surface area contributed by atoms with Crippen LogP contribution in [0.4, 0.5) is 0 Å². The zero-order valence-corrected chi connectivity index (χ0v) is 7.88. The number of fused-ring (bicyclic) bond motifs is 1. The number of thiocarbonyl (C=S) groups is 1. The van der Waals surface area contributed by atoms with Crippen molar-refractivity contribution < 1.29 is 9.52 Å². The molecule has 4 heteroatoms. The lowest BCUT2D eigenvalue weighted by Gasteiger charge is -2.00. The van der Waals surface area contributed by atoms with Crippen molar-refractivity contribution in [3.8, 4) is 0 Å². The summed E-state index contributed by atoms with van der Waals surface area (Å²) in [7, 11) is 0. The van der Waals surface area contributed by atoms with Gasteiger partial charge in [0.25, 0.3) is 0 Å². The van der Waals surface area contributed by atoms with Crippen molar-refractivity contribution in [2.24, 2.45) is 0 Å². The van der Waals surface area contributed by atoms with Crippen LogP contribution >= 0.6 is 12.2 Å². The quantitative estimate of drug-likeness (QED) is 0.725. The lowest BCUT2D eigenvalue weighted by molar-refractivity contribution is 0.570. The Bertz CT molecular complexity index is 551. The average Bonchev–Trinajstić information content (AvgIpc) is 2.17. The Morgan fingerprint density at radius 2 is 2.14 bits per heavy atom. The van der Waals surface area contributed by atoms with Crippen molar-refractivity contribution in [3.05, 3.63) is 46.3 Å². The number of hydrogen-bond donors (Lipinski definition) is 1. The van der Waals surface area contributed by atoms with Crippen LogP contribution in [0.25, 0.3) is 11.0 Å². The first kappa shape index (κ1) is 8.90. The monoisotopic (exact) mass is 206 g/mol. The van der Waals surface area contributed by atoms with Crippen LogP contribution in [-0.2, 0) is 0 Å². The first-order valence-corrected chi connectivity index (χ1v) is 4.35. The minimum Gasteiger partial charge on any atom is -0.499 e. The predicted octanol–water partition coefficient (Wildman–Crippen LogP) is 2.03. The Morgan fingerprint density at radius 1 is 1.36 bits per heavy atom. The van der Waals surface area contributed by atoms with E-state index in [4.69, 9.17) is 4.42 Å². The van der Waals surface area contributed by atoms with Crippen LogP contribution in [0.3, 0.4) is 0 Å². The highest BCUT2D eigenvalue weighted by Crippen LogP contribution is 2.14. The van der Waals surface area contributed by atoms with E-state index in [2.05, 4.69) is 12.2 Å². The predicted molar refractivity (Wildman–Crippen MR) is 56.8 cm³/mol. The molecule has 0 saturated heterocycles. The molecule has 0 bridgehead atoms. The molecule has 1 heterocycles. The van der Waals surface area contributed by atoms with Crippen molar-refractivity contribution in [1.82, 2.24) is 0 Å². The molecule has 1 N–H and O–H groups in total. The minimum atomic E-state index is -0.297. The molecule has 0 aliphatic heterocycles. The smallest absolute Gasteiger partial charge is 0.193 e. The topological polar surface area (TPSA) is 50.4 Å². The van der Waals surface area contributed by atoms with Crippen LogP contribution in [-0.4, -0.2) is 10.2 Å². The van der Waals surface area contributed by atoms with E-state index < -0.39 is 0 Å². The molecule has 0 radical (unpaired) electrons. The van der Waals surface area contributed by atoms with Crippen molar-refractivity contribution in [3.63, 3.8) is 0 Å². The fraction of sp³-hybridized carbons (Fsp3) is 0. The van der Waals surface area contributed by atoms with Gasteiger partial charge in [0.1, 0.15) is 5.58 Å². The number of rotatable bonds is 1. The van der Waals surface area contributed by atoms with E-state index in [1.807, 2.05) is 0 Å². The van der Waals surface area contributed by atoms with Gasteiger partial charge in [-0.1, -0.05) is 6.07 Å². The van der Waals surface area contributed by atoms with Crippen LogP contribution in [0.1, 0.15) is 5.56 Å². The van der Waals surface area contributed by atoms with E-state index in [-0.39, 0.29) is 10.5 Å². The first-order chi connectivity index (χ1) is 6.70. The molecule has 0 unspecified atom stereocenters. The molecule has 1 aromatic carbocycles. The van der Waals surface area contributed by atoms with Crippen LogP contribution in [0.2, 0.25) is 0 Å². The summed E-state index contributed by atoms with van der Waals surface area (Å²) in [6.45, 7) is 0. The Labute approximate surface area is 84.6 Å². The maximum absolute atomic E-state index is 11.5. The summed E-state index contributed by atoms with van der Waals surface area (Å²) < 4.78 is 5.11. The highest BCUT2D eigenvalue weighted by atomic mass is 32.1. The van der Waals surface area contributed by atoms with Crippen molar-refractivity contribution in [2.75, 3.05) is 0 Å². The van der Waals surface area contributed by atoms with Crippen LogP contribution in [0.5, 0.6) is 0 Å². The molecule has 2 rings (SSSR count). The normalized spacial score (nSPS) is 10.3. The van der Waals surface area contributed by atoms with E-state index in [9.17, 15) is 9.90 Å². The number of aliphatic hydroxyl groups excluding tert-OH is 1. The third-order valence-corrected chi connectivity index (χ3v) is 2.14. The zero-order valence-electron chi connectivity index (χ0n) is 7.06. The molecule has 0 spiro atoms. The second-order valence-electron chi connectivity index (χ2n) is 2.77. The van der Waals surface area contributed by atoms with Gasteiger partial charge in [0.2, 0.25) is 0 Å². The van der Waals surface area contributed by atoms with E-state index >= 15 is 0 Å². The number of hydrogen-bond acceptors (Lipinski definition) is 3. The number of aliphatic hydroxyl groups is 1. The molecule has 0 saturated carbocycles. The fourth-order valence-corrected chi connectivity index (χ4v) is 1.48. The van der Waals surface area contributed by atoms with Gasteiger partial charge < -0.3 is 9.52 Å². The van der Waals surface area contributed by atoms with Gasteiger partial charge in [-0.05, 0) is 24.4 Å². The fourth-order valence-electron chi connectivity index (χ4n) is 1.31. The summed E-state index contributed by atoms with van der Waals surface area (Å²) in [5, 5.41) is 9.22. The Balaban J connectivity index is 2.99. The van der Waals surface area contributed by atoms with Gasteiger partial charge in [-0.25, -0.2) is 0 Å². The van der Waals surface area contributed by atoms with E-state index in [1.165, 1.54) is 12.3 Å². The Kier molecular flexibility index (Phi) is 2.05. The van der Waals surface area contributed by atoms with Crippen molar-refractivity contribution in [2.45, 2.75) is 0 Å². The second-order valence-corrected chi connectivity index (χ2v) is 3.16. The molecule has 3 nitrogen and oxygen atoms in total. The van der Waals surface area contributed by atoms with E-state index in [0.717, 1.165) is 0 Å². The maximum Gasteiger partial charge on any atom is 0.193 e. The van der Waals surface area contributed by atoms with Crippen molar-refractivity contribution >= 4 is 28.2 Å². The number of benzene rings is 1. The second kappa shape index (κ2) is 3.23. The summed E-state index contributed by atoms with van der Waals surface area (Å²) in [6.07, 6.45) is 1.31. The van der Waals surface area contributed by atoms with Gasteiger partial charge in [-0.2, -0.15) is 0 Å². The molecule has 2 aromatic rings. The molecule has 0 amide bonds. The van der Waals surface area contributed by atoms with Gasteiger partial charge in [-0.3, -0.25) is 4.79 Å². The molecule has 0 fully saturated rings. The Hall–Kier alpha value is -1.68. The van der Waals surface area contributed by atoms with E-state index in [1.54, 1.807) is 18.2 Å². The molecule has 0 aliphatic carbocycles. The molecule has 0 aliphatic rings. The van der Waals surface area contributed by atoms with Crippen LogP contribution in [0.15, 0.2) is 39.7 Å². The summed E-state index contributed by atoms with van der Waals surface area (Å²) in [4.78, 5) is 11.5. The zero-order chi connectivity index (χ0) is 10.1. The molecule has 1 aromatic heterocycles. The van der Waals surface area contributed by atoms with Gasteiger partial charge in [-0.15, -0.1) is 0 Å². The van der Waals surface area contributed by atoms with Gasteiger partial charge in [0, 0.05) is 11.6 Å². The summed E-state index contributed by atoms with van der Waals surface area (Å²) in [6, 6.07) is 6.20. The lowest BCUT2D eigenvalue weighted by Crippen LogP contribution is -2.05. The van der Waals surface area contributed by atoms with Gasteiger partial charge >= 0.3 is 0 Å². The molecule has 70 valence electrons. The highest BCUT2D eigenvalue weighted by Gasteiger charge is 2.08. The minimum absolute atomic E-state index is 0.210. The average molecular weight is 206 g/mol. The molecule has 14 heavy (non-hydrogen) atoms. The highest BCUT2D eigenvalue weighted by molar-refractivity contribution is 7.80. The summed E-state index contributed by atoms with van der Waals surface area (Å²) in [5.41, 5.74) is 0.552. The van der Waals surface area contributed by atoms with Gasteiger partial charge in [0.15, 0.2) is 10.5 Å². The lowest BCUT2D eigenvalue weighted by atomic mass is 10.1. The van der Waals surface area contributed by atoms with Crippen LogP contribution in [0, 0.1) is 0 Å². The third-order valence-electron chi connectivity index (χ3n) is 1.92. The Morgan fingerprint density at radius 3 is 2.86 bits per heavy atom. The third kappa shape index (κ3) is 1.29. The maximum atomic E-state index is 11.5. The molecular formula is C10H6O3S. The van der Waals surface area contributed by atoms with Crippen molar-refractivity contribution in [1.29, 1.82) is 0 Å². The van der Waals surface area contributed by atoms with Gasteiger partial charge in [0.05, 0.1) is 11.6 Å². The SMILES string of the molecule is O=c1ccoc2cccc(C(O)=S)c12. The molecular weight excluding hydrogens is 200 g/mol. The summed E-state index contributed by atoms with van der Waals surface area (Å²) in [5.74, 6) is 0. The first-order valence-electron chi connectivity index (χ1n) is 3.94. The van der Waals surface area contributed by atoms with E-state index in [0.29, 0.717) is 16.5 Å². The van der Waals surface area contributed by atoms with Crippen LogP contribution < -0.4 is 5.43 Å². The molecule has 0 atom stereocenters. The standard InChI is InChI=1S/C10H6O3S/c11-7-4-5-13-8-3-1-2-6(9(7)8)10(12)14/h1-5H,(H,12,14). The summed E-state index contributed by atoms with van der Waals surface area (Å²) >= 11 is 4.62.